The van der Waals surface area contributed by atoms with Crippen LogP contribution >= 0.6 is 0 Å². The van der Waals surface area contributed by atoms with Crippen LogP contribution in [0.1, 0.15) is 44.3 Å². The molecule has 1 aliphatic heterocycles. The van der Waals surface area contributed by atoms with Gasteiger partial charge < -0.3 is 4.74 Å². The quantitative estimate of drug-likeness (QED) is 0.353. The Labute approximate surface area is 187 Å². The van der Waals surface area contributed by atoms with E-state index >= 15 is 0 Å². The molecular weight excluding hydrogens is 409 g/mol. The molecular formula is C28H27F3O. The number of halogens is 3. The van der Waals surface area contributed by atoms with Crippen LogP contribution < -0.4 is 0 Å². The summed E-state index contributed by atoms with van der Waals surface area (Å²) in [4.78, 5) is 0. The van der Waals surface area contributed by atoms with Crippen molar-refractivity contribution in [3.05, 3.63) is 95.8 Å². The van der Waals surface area contributed by atoms with Crippen molar-refractivity contribution < 1.29 is 17.9 Å². The van der Waals surface area contributed by atoms with Crippen LogP contribution in [0.4, 0.5) is 13.2 Å². The summed E-state index contributed by atoms with van der Waals surface area (Å²) in [5.41, 5.74) is 2.74. The number of ether oxygens (including phenoxy) is 1. The van der Waals surface area contributed by atoms with Crippen molar-refractivity contribution in [1.82, 2.24) is 0 Å². The zero-order valence-corrected chi connectivity index (χ0v) is 18.2. The highest BCUT2D eigenvalue weighted by atomic mass is 19.2. The van der Waals surface area contributed by atoms with E-state index in [1.54, 1.807) is 36.4 Å². The molecule has 1 fully saturated rings. The second-order valence-corrected chi connectivity index (χ2v) is 8.33. The highest BCUT2D eigenvalue weighted by Crippen LogP contribution is 2.35. The van der Waals surface area contributed by atoms with Crippen LogP contribution in [0.15, 0.2) is 72.8 Å². The number of benzene rings is 3. The lowest BCUT2D eigenvalue weighted by molar-refractivity contribution is -0.0191. The molecule has 0 bridgehead atoms. The standard InChI is InChI=1S/C28H27F3O/c1-2-3-4-6-19-9-16-27(32-18-19)22-14-15-23(26(30)17-22)20-10-12-21(13-11-20)24-7-5-8-25(29)28(24)31/h2-3,5,7-8,10-15,17,19,27H,4,6,9,16,18H2,1H3/b3-2+. The molecule has 0 aliphatic carbocycles. The average Bonchev–Trinajstić information content (AvgIpc) is 2.82. The predicted molar refractivity (Wildman–Crippen MR) is 123 cm³/mol. The van der Waals surface area contributed by atoms with Gasteiger partial charge in [-0.2, -0.15) is 0 Å². The van der Waals surface area contributed by atoms with Crippen LogP contribution in [0, 0.1) is 23.4 Å². The summed E-state index contributed by atoms with van der Waals surface area (Å²) >= 11 is 0. The average molecular weight is 437 g/mol. The molecule has 1 aliphatic rings. The van der Waals surface area contributed by atoms with E-state index in [0.717, 1.165) is 37.3 Å². The van der Waals surface area contributed by atoms with Crippen molar-refractivity contribution in [2.45, 2.75) is 38.7 Å². The normalized spacial score (nSPS) is 18.9. The molecule has 0 radical (unpaired) electrons. The Morgan fingerprint density at radius 3 is 2.28 bits per heavy atom. The van der Waals surface area contributed by atoms with Gasteiger partial charge >= 0.3 is 0 Å². The van der Waals surface area contributed by atoms with Crippen LogP contribution in [0.25, 0.3) is 22.3 Å². The van der Waals surface area contributed by atoms with E-state index in [2.05, 4.69) is 12.2 Å². The maximum absolute atomic E-state index is 14.9. The van der Waals surface area contributed by atoms with Crippen LogP contribution in [-0.2, 0) is 4.74 Å². The van der Waals surface area contributed by atoms with Gasteiger partial charge in [-0.25, -0.2) is 13.2 Å². The van der Waals surface area contributed by atoms with Gasteiger partial charge in [0, 0.05) is 11.1 Å². The summed E-state index contributed by atoms with van der Waals surface area (Å²) in [5.74, 6) is -1.52. The first-order valence-corrected chi connectivity index (χ1v) is 11.1. The minimum atomic E-state index is -0.887. The van der Waals surface area contributed by atoms with Gasteiger partial charge in [-0.1, -0.05) is 60.7 Å². The lowest BCUT2D eigenvalue weighted by Crippen LogP contribution is -2.20. The highest BCUT2D eigenvalue weighted by Gasteiger charge is 2.23. The Morgan fingerprint density at radius 1 is 0.875 bits per heavy atom. The summed E-state index contributed by atoms with van der Waals surface area (Å²) < 4.78 is 48.5. The van der Waals surface area contributed by atoms with Gasteiger partial charge in [-0.15, -0.1) is 0 Å². The molecule has 2 unspecified atom stereocenters. The number of rotatable bonds is 6. The van der Waals surface area contributed by atoms with Crippen molar-refractivity contribution in [3.63, 3.8) is 0 Å². The first kappa shape index (κ1) is 22.3. The van der Waals surface area contributed by atoms with E-state index in [1.807, 2.05) is 13.0 Å². The van der Waals surface area contributed by atoms with Gasteiger partial charge in [0.2, 0.25) is 0 Å². The third kappa shape index (κ3) is 4.97. The van der Waals surface area contributed by atoms with Gasteiger partial charge in [-0.05, 0) is 67.3 Å². The predicted octanol–water partition coefficient (Wildman–Crippen LogP) is 8.26. The maximum atomic E-state index is 14.9. The third-order valence-electron chi connectivity index (χ3n) is 6.17. The number of allylic oxidation sites excluding steroid dienone is 2. The van der Waals surface area contributed by atoms with Crippen LogP contribution in [0.3, 0.4) is 0 Å². The minimum absolute atomic E-state index is 0.0742. The molecule has 0 saturated carbocycles. The van der Waals surface area contributed by atoms with E-state index in [4.69, 9.17) is 4.74 Å². The van der Waals surface area contributed by atoms with Crippen molar-refractivity contribution in [2.24, 2.45) is 5.92 Å². The summed E-state index contributed by atoms with van der Waals surface area (Å²) in [5, 5.41) is 0. The molecule has 0 amide bonds. The molecule has 0 N–H and O–H groups in total. The lowest BCUT2D eigenvalue weighted by Gasteiger charge is -2.29. The van der Waals surface area contributed by atoms with Gasteiger partial charge in [0.1, 0.15) is 5.82 Å². The first-order chi connectivity index (χ1) is 15.6. The summed E-state index contributed by atoms with van der Waals surface area (Å²) in [7, 11) is 0. The van der Waals surface area contributed by atoms with Crippen LogP contribution in [0.2, 0.25) is 0 Å². The van der Waals surface area contributed by atoms with E-state index in [0.29, 0.717) is 29.2 Å². The lowest BCUT2D eigenvalue weighted by atomic mass is 9.91. The van der Waals surface area contributed by atoms with E-state index in [1.165, 1.54) is 12.1 Å². The van der Waals surface area contributed by atoms with E-state index in [9.17, 15) is 13.2 Å². The van der Waals surface area contributed by atoms with Crippen molar-refractivity contribution >= 4 is 0 Å². The summed E-state index contributed by atoms with van der Waals surface area (Å²) in [6, 6.07) is 16.1. The Hall–Kier alpha value is -2.85. The van der Waals surface area contributed by atoms with Crippen molar-refractivity contribution in [3.8, 4) is 22.3 Å². The van der Waals surface area contributed by atoms with Crippen molar-refractivity contribution in [2.75, 3.05) is 6.61 Å². The van der Waals surface area contributed by atoms with Gasteiger partial charge in [0.15, 0.2) is 11.6 Å². The molecule has 3 aromatic rings. The molecule has 2 atom stereocenters. The zero-order valence-electron chi connectivity index (χ0n) is 18.2. The molecule has 1 heterocycles. The number of hydrogen-bond acceptors (Lipinski definition) is 1. The van der Waals surface area contributed by atoms with E-state index < -0.39 is 11.6 Å². The second kappa shape index (κ2) is 10.2. The van der Waals surface area contributed by atoms with Gasteiger partial charge in [-0.3, -0.25) is 0 Å². The van der Waals surface area contributed by atoms with Gasteiger partial charge in [0.25, 0.3) is 0 Å². The van der Waals surface area contributed by atoms with Gasteiger partial charge in [0.05, 0.1) is 12.7 Å². The fourth-order valence-electron chi connectivity index (χ4n) is 4.32. The number of hydrogen-bond donors (Lipinski definition) is 0. The molecule has 3 aromatic carbocycles. The molecule has 4 heteroatoms. The molecule has 1 nitrogen and oxygen atoms in total. The molecule has 0 spiro atoms. The van der Waals surface area contributed by atoms with Crippen molar-refractivity contribution in [1.29, 1.82) is 0 Å². The fraction of sp³-hybridized carbons (Fsp3) is 0.286. The Morgan fingerprint density at radius 2 is 1.62 bits per heavy atom. The molecule has 32 heavy (non-hydrogen) atoms. The Bertz CT molecular complexity index is 1080. The minimum Gasteiger partial charge on any atom is -0.373 e. The van der Waals surface area contributed by atoms with Crippen LogP contribution in [0.5, 0.6) is 0 Å². The SMILES string of the molecule is C/C=C/CCC1CCC(c2ccc(-c3ccc(-c4cccc(F)c4F)cc3)c(F)c2)OC1. The summed E-state index contributed by atoms with van der Waals surface area (Å²) in [6.07, 6.45) is 8.36. The monoisotopic (exact) mass is 436 g/mol. The molecule has 0 aromatic heterocycles. The third-order valence-corrected chi connectivity index (χ3v) is 6.17. The highest BCUT2D eigenvalue weighted by molar-refractivity contribution is 5.71. The Kier molecular flexibility index (Phi) is 7.11. The largest absolute Gasteiger partial charge is 0.373 e. The fourth-order valence-corrected chi connectivity index (χ4v) is 4.32. The summed E-state index contributed by atoms with van der Waals surface area (Å²) in [6.45, 7) is 2.74. The zero-order chi connectivity index (χ0) is 22.5. The molecule has 1 saturated heterocycles. The molecule has 166 valence electrons. The van der Waals surface area contributed by atoms with Crippen LogP contribution in [-0.4, -0.2) is 6.61 Å². The topological polar surface area (TPSA) is 9.23 Å². The Balaban J connectivity index is 1.45. The maximum Gasteiger partial charge on any atom is 0.166 e. The first-order valence-electron chi connectivity index (χ1n) is 11.1. The molecule has 4 rings (SSSR count). The van der Waals surface area contributed by atoms with E-state index in [-0.39, 0.29) is 17.5 Å². The smallest absolute Gasteiger partial charge is 0.166 e. The second-order valence-electron chi connectivity index (χ2n) is 8.33.